The van der Waals surface area contributed by atoms with Crippen molar-refractivity contribution in [2.45, 2.75) is 36.7 Å². The molecule has 2 N–H and O–H groups in total. The fourth-order valence-electron chi connectivity index (χ4n) is 5.25. The molecule has 7 heteroatoms. The van der Waals surface area contributed by atoms with E-state index in [1.807, 2.05) is 54.2 Å². The van der Waals surface area contributed by atoms with Crippen molar-refractivity contribution in [2.24, 2.45) is 11.8 Å². The van der Waals surface area contributed by atoms with Crippen LogP contribution in [0.15, 0.2) is 59.6 Å². The van der Waals surface area contributed by atoms with Crippen molar-refractivity contribution in [3.05, 3.63) is 60.3 Å². The van der Waals surface area contributed by atoms with Gasteiger partial charge in [0.1, 0.15) is 11.5 Å². The van der Waals surface area contributed by atoms with E-state index in [1.54, 1.807) is 20.4 Å². The number of pyridine rings is 1. The summed E-state index contributed by atoms with van der Waals surface area (Å²) in [5, 5.41) is 22.1. The lowest BCUT2D eigenvalue weighted by atomic mass is 9.81. The highest BCUT2D eigenvalue weighted by Gasteiger charge is 2.29. The largest absolute Gasteiger partial charge is 0.497 e. The molecule has 0 bridgehead atoms. The number of aliphatic hydroxyl groups excluding tert-OH is 2. The molecule has 3 atom stereocenters. The summed E-state index contributed by atoms with van der Waals surface area (Å²) in [7, 11) is 3.36. The minimum Gasteiger partial charge on any atom is -0.497 e. The van der Waals surface area contributed by atoms with Gasteiger partial charge in [0.05, 0.1) is 25.8 Å². The van der Waals surface area contributed by atoms with Gasteiger partial charge in [0.15, 0.2) is 0 Å². The summed E-state index contributed by atoms with van der Waals surface area (Å²) < 4.78 is 10.8. The third kappa shape index (κ3) is 6.71. The number of methoxy groups -OCH3 is 2. The molecule has 0 saturated carbocycles. The zero-order valence-electron chi connectivity index (χ0n) is 21.3. The summed E-state index contributed by atoms with van der Waals surface area (Å²) in [6, 6.07) is 15.8. The highest BCUT2D eigenvalue weighted by molar-refractivity contribution is 7.99. The molecule has 1 aliphatic rings. The molecule has 1 aliphatic heterocycles. The first kappa shape index (κ1) is 26.7. The first-order chi connectivity index (χ1) is 17.6. The third-order valence-corrected chi connectivity index (χ3v) is 8.45. The lowest BCUT2D eigenvalue weighted by molar-refractivity contribution is 0.0581. The van der Waals surface area contributed by atoms with Gasteiger partial charge in [-0.3, -0.25) is 4.98 Å². The van der Waals surface area contributed by atoms with E-state index in [0.29, 0.717) is 12.3 Å². The van der Waals surface area contributed by atoms with Gasteiger partial charge < -0.3 is 24.6 Å². The Morgan fingerprint density at radius 2 is 1.97 bits per heavy atom. The molecule has 6 nitrogen and oxygen atoms in total. The third-order valence-electron chi connectivity index (χ3n) is 7.31. The monoisotopic (exact) mass is 510 g/mol. The Morgan fingerprint density at radius 1 is 1.11 bits per heavy atom. The molecule has 4 rings (SSSR count). The van der Waals surface area contributed by atoms with Crippen LogP contribution in [0.3, 0.4) is 0 Å². The number of thioether (sulfide) groups is 1. The first-order valence-electron chi connectivity index (χ1n) is 12.8. The molecule has 1 fully saturated rings. The number of aromatic nitrogens is 1. The number of ether oxygens (including phenoxy) is 2. The van der Waals surface area contributed by atoms with Crippen LogP contribution in [0.5, 0.6) is 11.5 Å². The summed E-state index contributed by atoms with van der Waals surface area (Å²) in [5.74, 6) is 3.41. The van der Waals surface area contributed by atoms with E-state index >= 15 is 0 Å². The van der Waals surface area contributed by atoms with Crippen LogP contribution in [0.4, 0.5) is 0 Å². The molecule has 0 aliphatic carbocycles. The van der Waals surface area contributed by atoms with Crippen LogP contribution in [0, 0.1) is 11.8 Å². The zero-order chi connectivity index (χ0) is 25.3. The molecule has 2 heterocycles. The van der Waals surface area contributed by atoms with Gasteiger partial charge in [-0.15, -0.1) is 11.8 Å². The molecule has 1 unspecified atom stereocenters. The summed E-state index contributed by atoms with van der Waals surface area (Å²) in [6.45, 7) is 3.21. The fourth-order valence-corrected chi connectivity index (χ4v) is 6.21. The maximum absolute atomic E-state index is 11.0. The molecule has 0 spiro atoms. The Hall–Kier alpha value is -2.32. The Bertz CT molecular complexity index is 1110. The minimum atomic E-state index is -0.563. The fraction of sp³-hybridized carbons (Fsp3) is 0.483. The molecule has 1 saturated heterocycles. The minimum absolute atomic E-state index is 0.197. The summed E-state index contributed by atoms with van der Waals surface area (Å²) in [4.78, 5) is 8.10. The number of benzene rings is 2. The summed E-state index contributed by atoms with van der Waals surface area (Å²) in [6.07, 6.45) is 4.93. The number of hydrogen-bond donors (Lipinski definition) is 2. The molecule has 0 amide bonds. The molecule has 0 radical (unpaired) electrons. The molecule has 2 aromatic carbocycles. The molecule has 36 heavy (non-hydrogen) atoms. The predicted molar refractivity (Wildman–Crippen MR) is 146 cm³/mol. The second kappa shape index (κ2) is 13.3. The van der Waals surface area contributed by atoms with Gasteiger partial charge in [-0.1, -0.05) is 12.1 Å². The second-order valence-electron chi connectivity index (χ2n) is 9.52. The molecule has 1 aromatic heterocycles. The van der Waals surface area contributed by atoms with Crippen molar-refractivity contribution in [1.29, 1.82) is 0 Å². The SMILES string of the molecule is COc1ccc2nccc(C(O)CC[C@@H]3CCN(CCCSc4ccccc4OC)C[C@@H]3CO)c2c1. The maximum atomic E-state index is 11.0. The van der Waals surface area contributed by atoms with E-state index in [1.165, 1.54) is 4.90 Å². The average molecular weight is 511 g/mol. The smallest absolute Gasteiger partial charge is 0.132 e. The highest BCUT2D eigenvalue weighted by Crippen LogP contribution is 2.34. The Kier molecular flexibility index (Phi) is 9.87. The van der Waals surface area contributed by atoms with Crippen molar-refractivity contribution in [3.8, 4) is 11.5 Å². The van der Waals surface area contributed by atoms with Crippen molar-refractivity contribution in [3.63, 3.8) is 0 Å². The predicted octanol–water partition coefficient (Wildman–Crippen LogP) is 5.18. The van der Waals surface area contributed by atoms with E-state index in [9.17, 15) is 10.2 Å². The maximum Gasteiger partial charge on any atom is 0.132 e. The summed E-state index contributed by atoms with van der Waals surface area (Å²) in [5.41, 5.74) is 1.75. The van der Waals surface area contributed by atoms with Crippen molar-refractivity contribution >= 4 is 22.7 Å². The van der Waals surface area contributed by atoms with Crippen LogP contribution in [-0.2, 0) is 0 Å². The van der Waals surface area contributed by atoms with Gasteiger partial charge in [0.25, 0.3) is 0 Å². The molecular formula is C29H38N2O4S. The number of hydrogen-bond acceptors (Lipinski definition) is 7. The summed E-state index contributed by atoms with van der Waals surface area (Å²) >= 11 is 1.84. The number of nitrogens with zero attached hydrogens (tertiary/aromatic N) is 2. The lowest BCUT2D eigenvalue weighted by Crippen LogP contribution is -2.42. The number of rotatable bonds is 12. The zero-order valence-corrected chi connectivity index (χ0v) is 22.1. The van der Waals surface area contributed by atoms with Crippen LogP contribution in [0.1, 0.15) is 37.4 Å². The van der Waals surface area contributed by atoms with Crippen LogP contribution in [-0.4, -0.2) is 66.3 Å². The van der Waals surface area contributed by atoms with Crippen LogP contribution in [0.2, 0.25) is 0 Å². The van der Waals surface area contributed by atoms with Gasteiger partial charge in [0.2, 0.25) is 0 Å². The van der Waals surface area contributed by atoms with Crippen LogP contribution in [0.25, 0.3) is 10.9 Å². The van der Waals surface area contributed by atoms with Gasteiger partial charge in [-0.05, 0) is 98.3 Å². The highest BCUT2D eigenvalue weighted by atomic mass is 32.2. The van der Waals surface area contributed by atoms with Gasteiger partial charge in [0, 0.05) is 29.6 Å². The van der Waals surface area contributed by atoms with Gasteiger partial charge in [-0.2, -0.15) is 0 Å². The molecule has 194 valence electrons. The van der Waals surface area contributed by atoms with Crippen LogP contribution < -0.4 is 9.47 Å². The number of fused-ring (bicyclic) bond motifs is 1. The standard InChI is InChI=1S/C29H38N2O4S/c1-34-23-9-10-26-25(18-23)24(12-14-30-26)27(33)11-8-21-13-16-31(19-22(21)20-32)15-5-17-36-29-7-4-3-6-28(29)35-2/h3-4,6-7,9-10,12,14,18,21-22,27,32-33H,5,8,11,13,15-17,19-20H2,1-2H3/t21-,22-,27?/m1/s1. The van der Waals surface area contributed by atoms with E-state index in [2.05, 4.69) is 16.0 Å². The topological polar surface area (TPSA) is 75.1 Å². The van der Waals surface area contributed by atoms with Gasteiger partial charge >= 0.3 is 0 Å². The average Bonchev–Trinajstić information content (AvgIpc) is 2.93. The van der Waals surface area contributed by atoms with E-state index in [4.69, 9.17) is 9.47 Å². The van der Waals surface area contributed by atoms with Crippen molar-refractivity contribution in [2.75, 3.05) is 46.2 Å². The van der Waals surface area contributed by atoms with Crippen molar-refractivity contribution in [1.82, 2.24) is 9.88 Å². The Morgan fingerprint density at radius 3 is 2.78 bits per heavy atom. The Labute approximate surface area is 218 Å². The number of aliphatic hydroxyl groups is 2. The number of para-hydroxylation sites is 1. The lowest BCUT2D eigenvalue weighted by Gasteiger charge is -2.38. The molecular weight excluding hydrogens is 472 g/mol. The Balaban J connectivity index is 1.26. The van der Waals surface area contributed by atoms with E-state index in [-0.39, 0.29) is 12.5 Å². The van der Waals surface area contributed by atoms with E-state index < -0.39 is 6.10 Å². The number of likely N-dealkylation sites (tertiary alicyclic amines) is 1. The van der Waals surface area contributed by atoms with E-state index in [0.717, 1.165) is 72.6 Å². The number of piperidine rings is 1. The van der Waals surface area contributed by atoms with Crippen molar-refractivity contribution < 1.29 is 19.7 Å². The second-order valence-corrected chi connectivity index (χ2v) is 10.7. The normalized spacial score (nSPS) is 19.3. The first-order valence-corrected chi connectivity index (χ1v) is 13.8. The molecule has 3 aromatic rings. The quantitative estimate of drug-likeness (QED) is 0.257. The van der Waals surface area contributed by atoms with Crippen LogP contribution >= 0.6 is 11.8 Å². The van der Waals surface area contributed by atoms with Gasteiger partial charge in [-0.25, -0.2) is 0 Å².